The molecular formula is C23H30N2O3S. The van der Waals surface area contributed by atoms with Crippen LogP contribution in [-0.4, -0.2) is 51.3 Å². The lowest BCUT2D eigenvalue weighted by Crippen LogP contribution is -2.57. The van der Waals surface area contributed by atoms with Crippen LogP contribution in [0.25, 0.3) is 0 Å². The van der Waals surface area contributed by atoms with Crippen molar-refractivity contribution in [3.05, 3.63) is 52.0 Å². The van der Waals surface area contributed by atoms with Crippen LogP contribution < -0.4 is 0 Å². The number of rotatable bonds is 3. The van der Waals surface area contributed by atoms with Gasteiger partial charge in [0.25, 0.3) is 5.91 Å². The van der Waals surface area contributed by atoms with E-state index in [1.54, 1.807) is 17.5 Å². The molecular weight excluding hydrogens is 384 g/mol. The Kier molecular flexibility index (Phi) is 5.30. The Morgan fingerprint density at radius 3 is 2.66 bits per heavy atom. The molecule has 4 rings (SSSR count). The second kappa shape index (κ2) is 7.49. The van der Waals surface area contributed by atoms with E-state index >= 15 is 0 Å². The summed E-state index contributed by atoms with van der Waals surface area (Å²) in [4.78, 5) is 19.7. The van der Waals surface area contributed by atoms with E-state index in [1.807, 2.05) is 19.9 Å². The summed E-state index contributed by atoms with van der Waals surface area (Å²) >= 11 is 1.36. The van der Waals surface area contributed by atoms with Crippen LogP contribution in [-0.2, 0) is 4.74 Å². The molecule has 5 atom stereocenters. The van der Waals surface area contributed by atoms with Gasteiger partial charge in [0.1, 0.15) is 11.0 Å². The standard InChI is InChI=1S/C23H30N2O3S/c1-15-19(29-14-24-15)21(27)25(4)18-10-11-22(2)12-17(16-8-6-5-7-9-16)13-23(3,28-22)20(18)26/h5-9,14,17-18,20,26H,10-13H2,1-4H3/t17-,18+,20-,22-,23-/m0/s1. The molecule has 156 valence electrons. The van der Waals surface area contributed by atoms with Gasteiger partial charge in [-0.25, -0.2) is 4.98 Å². The van der Waals surface area contributed by atoms with Crippen LogP contribution >= 0.6 is 11.3 Å². The molecule has 29 heavy (non-hydrogen) atoms. The Hall–Kier alpha value is -1.76. The number of nitrogens with zero attached hydrogens (tertiary/aromatic N) is 2. The number of fused-ring (bicyclic) bond motifs is 2. The molecule has 2 fully saturated rings. The highest BCUT2D eigenvalue weighted by Gasteiger charge is 2.54. The van der Waals surface area contributed by atoms with E-state index in [-0.39, 0.29) is 17.6 Å². The van der Waals surface area contributed by atoms with Crippen molar-refractivity contribution in [2.45, 2.75) is 75.7 Å². The third-order valence-electron chi connectivity index (χ3n) is 6.80. The first-order valence-electron chi connectivity index (χ1n) is 10.3. The highest BCUT2D eigenvalue weighted by Crippen LogP contribution is 2.50. The number of aromatic nitrogens is 1. The lowest BCUT2D eigenvalue weighted by atomic mass is 9.74. The fourth-order valence-corrected chi connectivity index (χ4v) is 6.05. The molecule has 1 aromatic heterocycles. The maximum atomic E-state index is 13.1. The average molecular weight is 415 g/mol. The number of carbonyl (C=O) groups excluding carboxylic acids is 1. The molecule has 3 heterocycles. The number of aliphatic hydroxyl groups excluding tert-OH is 1. The summed E-state index contributed by atoms with van der Waals surface area (Å²) in [5.74, 6) is 0.261. The largest absolute Gasteiger partial charge is 0.388 e. The Labute approximate surface area is 176 Å². The summed E-state index contributed by atoms with van der Waals surface area (Å²) in [6.45, 7) is 6.02. The summed E-state index contributed by atoms with van der Waals surface area (Å²) in [6, 6.07) is 10.2. The first-order valence-corrected chi connectivity index (χ1v) is 11.2. The van der Waals surface area contributed by atoms with E-state index in [0.717, 1.165) is 31.4 Å². The predicted octanol–water partition coefficient (Wildman–Crippen LogP) is 4.16. The van der Waals surface area contributed by atoms with Gasteiger partial charge in [-0.3, -0.25) is 4.79 Å². The molecule has 2 aromatic rings. The third kappa shape index (κ3) is 3.74. The van der Waals surface area contributed by atoms with Gasteiger partial charge in [0.15, 0.2) is 0 Å². The molecule has 0 aliphatic carbocycles. The molecule has 1 aromatic carbocycles. The maximum absolute atomic E-state index is 13.1. The number of hydrogen-bond donors (Lipinski definition) is 1. The van der Waals surface area contributed by atoms with Crippen molar-refractivity contribution in [3.63, 3.8) is 0 Å². The van der Waals surface area contributed by atoms with Crippen molar-refractivity contribution in [2.24, 2.45) is 0 Å². The lowest BCUT2D eigenvalue weighted by Gasteiger charge is -2.49. The zero-order valence-corrected chi connectivity index (χ0v) is 18.4. The van der Waals surface area contributed by atoms with E-state index < -0.39 is 11.7 Å². The van der Waals surface area contributed by atoms with Crippen molar-refractivity contribution in [1.82, 2.24) is 9.88 Å². The molecule has 6 heteroatoms. The predicted molar refractivity (Wildman–Crippen MR) is 114 cm³/mol. The molecule has 0 spiro atoms. The van der Waals surface area contributed by atoms with E-state index in [1.165, 1.54) is 16.9 Å². The van der Waals surface area contributed by atoms with Crippen molar-refractivity contribution < 1.29 is 14.6 Å². The average Bonchev–Trinajstić information content (AvgIpc) is 3.10. The SMILES string of the molecule is Cc1ncsc1C(=O)N(C)[C@@H]1CC[C@@]2(C)C[C@H](c3ccccc3)C[C@](C)(O2)[C@H]1O. The number of benzene rings is 1. The monoisotopic (exact) mass is 414 g/mol. The molecule has 2 aliphatic rings. The molecule has 5 nitrogen and oxygen atoms in total. The number of carbonyl (C=O) groups is 1. The van der Waals surface area contributed by atoms with E-state index in [9.17, 15) is 9.90 Å². The van der Waals surface area contributed by atoms with Crippen LogP contribution in [0.5, 0.6) is 0 Å². The quantitative estimate of drug-likeness (QED) is 0.819. The first-order chi connectivity index (χ1) is 13.7. The van der Waals surface area contributed by atoms with Crippen LogP contribution in [0.4, 0.5) is 0 Å². The normalized spacial score (nSPS) is 34.4. The number of ether oxygens (including phenoxy) is 1. The number of likely N-dealkylation sites (N-methyl/N-ethyl adjacent to an activating group) is 1. The van der Waals surface area contributed by atoms with Gasteiger partial charge in [-0.1, -0.05) is 30.3 Å². The molecule has 0 saturated carbocycles. The van der Waals surface area contributed by atoms with Crippen LogP contribution in [0.2, 0.25) is 0 Å². The van der Waals surface area contributed by atoms with Crippen LogP contribution in [0, 0.1) is 6.92 Å². The van der Waals surface area contributed by atoms with Gasteiger partial charge >= 0.3 is 0 Å². The summed E-state index contributed by atoms with van der Waals surface area (Å²) in [5, 5.41) is 11.5. The lowest BCUT2D eigenvalue weighted by molar-refractivity contribution is -0.214. The molecule has 1 amide bonds. The van der Waals surface area contributed by atoms with Crippen molar-refractivity contribution in [1.29, 1.82) is 0 Å². The van der Waals surface area contributed by atoms with Crippen LogP contribution in [0.3, 0.4) is 0 Å². The molecule has 2 bridgehead atoms. The van der Waals surface area contributed by atoms with E-state index in [4.69, 9.17) is 4.74 Å². The van der Waals surface area contributed by atoms with Gasteiger partial charge in [0.2, 0.25) is 0 Å². The fourth-order valence-electron chi connectivity index (χ4n) is 5.27. The maximum Gasteiger partial charge on any atom is 0.265 e. The molecule has 0 unspecified atom stereocenters. The first kappa shape index (κ1) is 20.5. The third-order valence-corrected chi connectivity index (χ3v) is 7.71. The topological polar surface area (TPSA) is 62.7 Å². The zero-order valence-electron chi connectivity index (χ0n) is 17.6. The number of aliphatic hydroxyl groups is 1. The van der Waals surface area contributed by atoms with Gasteiger partial charge in [-0.15, -0.1) is 11.3 Å². The second-order valence-corrected chi connectivity index (χ2v) is 9.97. The van der Waals surface area contributed by atoms with E-state index in [2.05, 4.69) is 36.2 Å². The van der Waals surface area contributed by atoms with Gasteiger partial charge in [0.05, 0.1) is 28.4 Å². The van der Waals surface area contributed by atoms with Crippen LogP contribution in [0.15, 0.2) is 35.8 Å². The van der Waals surface area contributed by atoms with Crippen molar-refractivity contribution in [3.8, 4) is 0 Å². The minimum atomic E-state index is -0.752. The smallest absolute Gasteiger partial charge is 0.265 e. The number of hydrogen-bond acceptors (Lipinski definition) is 5. The van der Waals surface area contributed by atoms with E-state index in [0.29, 0.717) is 10.8 Å². The summed E-state index contributed by atoms with van der Waals surface area (Å²) in [6.07, 6.45) is 2.45. The summed E-state index contributed by atoms with van der Waals surface area (Å²) in [7, 11) is 1.80. The Morgan fingerprint density at radius 2 is 2.00 bits per heavy atom. The number of amides is 1. The highest BCUT2D eigenvalue weighted by atomic mass is 32.1. The zero-order chi connectivity index (χ0) is 20.8. The molecule has 0 radical (unpaired) electrons. The number of aryl methyl sites for hydroxylation is 1. The Balaban J connectivity index is 1.63. The minimum absolute atomic E-state index is 0.0705. The summed E-state index contributed by atoms with van der Waals surface area (Å²) in [5.41, 5.74) is 2.72. The Morgan fingerprint density at radius 1 is 1.28 bits per heavy atom. The van der Waals surface area contributed by atoms with Crippen LogP contribution in [0.1, 0.15) is 66.4 Å². The Bertz CT molecular complexity index is 885. The minimum Gasteiger partial charge on any atom is -0.388 e. The van der Waals surface area contributed by atoms with Gasteiger partial charge in [-0.05, 0) is 57.9 Å². The van der Waals surface area contributed by atoms with Gasteiger partial charge < -0.3 is 14.7 Å². The van der Waals surface area contributed by atoms with Gasteiger partial charge in [-0.2, -0.15) is 0 Å². The van der Waals surface area contributed by atoms with Crippen molar-refractivity contribution >= 4 is 17.2 Å². The number of thiazole rings is 1. The van der Waals surface area contributed by atoms with Gasteiger partial charge in [0, 0.05) is 7.05 Å². The molecule has 1 N–H and O–H groups in total. The molecule has 2 aliphatic heterocycles. The molecule has 2 saturated heterocycles. The summed E-state index contributed by atoms with van der Waals surface area (Å²) < 4.78 is 6.56. The highest BCUT2D eigenvalue weighted by molar-refractivity contribution is 7.11. The fraction of sp³-hybridized carbons (Fsp3) is 0.565. The van der Waals surface area contributed by atoms with Crippen molar-refractivity contribution in [2.75, 3.05) is 7.05 Å². The second-order valence-electron chi connectivity index (χ2n) is 9.11.